The lowest BCUT2D eigenvalue weighted by Crippen LogP contribution is -2.13. The lowest BCUT2D eigenvalue weighted by Gasteiger charge is -2.10. The highest BCUT2D eigenvalue weighted by molar-refractivity contribution is 6.10. The Morgan fingerprint density at radius 3 is 2.63 bits per heavy atom. The molecule has 0 saturated heterocycles. The predicted molar refractivity (Wildman–Crippen MR) is 102 cm³/mol. The third-order valence-corrected chi connectivity index (χ3v) is 4.23. The number of hydrogen-bond acceptors (Lipinski definition) is 5. The summed E-state index contributed by atoms with van der Waals surface area (Å²) in [4.78, 5) is 12.5. The van der Waals surface area contributed by atoms with Crippen molar-refractivity contribution < 1.29 is 19.0 Å². The highest BCUT2D eigenvalue weighted by Crippen LogP contribution is 2.39. The number of amides is 1. The number of benzene rings is 2. The second-order valence-corrected chi connectivity index (χ2v) is 6.10. The van der Waals surface area contributed by atoms with Gasteiger partial charge in [0.05, 0.1) is 6.61 Å². The van der Waals surface area contributed by atoms with Crippen molar-refractivity contribution in [3.05, 3.63) is 52.6 Å². The van der Waals surface area contributed by atoms with E-state index < -0.39 is 5.91 Å². The molecule has 2 aromatic carbocycles. The molecular formula is C21H20N2O4. The van der Waals surface area contributed by atoms with Crippen molar-refractivity contribution >= 4 is 17.7 Å². The minimum Gasteiger partial charge on any atom is -0.493 e. The van der Waals surface area contributed by atoms with Gasteiger partial charge in [0.15, 0.2) is 11.5 Å². The lowest BCUT2D eigenvalue weighted by atomic mass is 10.1. The van der Waals surface area contributed by atoms with Crippen LogP contribution >= 0.6 is 0 Å². The molecule has 1 aliphatic heterocycles. The molecule has 0 spiro atoms. The van der Waals surface area contributed by atoms with Crippen LogP contribution in [0.25, 0.3) is 6.08 Å². The van der Waals surface area contributed by atoms with Crippen LogP contribution in [0.15, 0.2) is 35.9 Å². The minimum atomic E-state index is -0.485. The van der Waals surface area contributed by atoms with Gasteiger partial charge in [-0.05, 0) is 56.2 Å². The summed E-state index contributed by atoms with van der Waals surface area (Å²) in [6.07, 6.45) is 1.49. The molecule has 0 atom stereocenters. The number of nitrogens with one attached hydrogen (secondary N) is 1. The van der Waals surface area contributed by atoms with Crippen LogP contribution in [0.1, 0.15) is 23.6 Å². The zero-order valence-corrected chi connectivity index (χ0v) is 15.5. The van der Waals surface area contributed by atoms with Gasteiger partial charge in [-0.2, -0.15) is 5.26 Å². The first-order valence-electron chi connectivity index (χ1n) is 8.58. The second kappa shape index (κ2) is 7.83. The van der Waals surface area contributed by atoms with Gasteiger partial charge in [-0.15, -0.1) is 0 Å². The van der Waals surface area contributed by atoms with Gasteiger partial charge >= 0.3 is 0 Å². The standard InChI is InChI=1S/C21H20N2O4/c1-4-25-18-10-20-19(26-12-27-20)9-15(18)8-16(11-22)21(24)23-17-6-5-13(2)14(3)7-17/h5-10H,4,12H2,1-3H3,(H,23,24)/b16-8+. The first-order chi connectivity index (χ1) is 13.0. The molecule has 0 radical (unpaired) electrons. The molecule has 0 aromatic heterocycles. The molecule has 1 N–H and O–H groups in total. The molecule has 0 unspecified atom stereocenters. The molecule has 1 aliphatic rings. The summed E-state index contributed by atoms with van der Waals surface area (Å²) in [5.74, 6) is 1.17. The fourth-order valence-electron chi connectivity index (χ4n) is 2.65. The number of fused-ring (bicyclic) bond motifs is 1. The average molecular weight is 364 g/mol. The van der Waals surface area contributed by atoms with Crippen LogP contribution in [0.4, 0.5) is 5.69 Å². The zero-order valence-electron chi connectivity index (χ0n) is 15.5. The largest absolute Gasteiger partial charge is 0.493 e. The summed E-state index contributed by atoms with van der Waals surface area (Å²) in [7, 11) is 0. The minimum absolute atomic E-state index is 0.0342. The van der Waals surface area contributed by atoms with Gasteiger partial charge < -0.3 is 19.5 Å². The SMILES string of the molecule is CCOc1cc2c(cc1/C=C(\C#N)C(=O)Nc1ccc(C)c(C)c1)OCO2. The third kappa shape index (κ3) is 4.04. The molecule has 0 fully saturated rings. The van der Waals surface area contributed by atoms with Crippen LogP contribution in [0.2, 0.25) is 0 Å². The van der Waals surface area contributed by atoms with Crippen molar-refractivity contribution in [2.24, 2.45) is 0 Å². The van der Waals surface area contributed by atoms with E-state index in [1.165, 1.54) is 6.08 Å². The van der Waals surface area contributed by atoms with E-state index in [2.05, 4.69) is 5.32 Å². The van der Waals surface area contributed by atoms with E-state index in [1.54, 1.807) is 18.2 Å². The Hall–Kier alpha value is -3.46. The van der Waals surface area contributed by atoms with E-state index in [9.17, 15) is 10.1 Å². The first kappa shape index (κ1) is 18.3. The number of anilines is 1. The van der Waals surface area contributed by atoms with Gasteiger partial charge in [0, 0.05) is 17.3 Å². The normalized spacial score (nSPS) is 12.4. The van der Waals surface area contributed by atoms with Crippen molar-refractivity contribution in [1.82, 2.24) is 0 Å². The maximum absolute atomic E-state index is 12.5. The van der Waals surface area contributed by atoms with Gasteiger partial charge in [-0.1, -0.05) is 6.07 Å². The van der Waals surface area contributed by atoms with E-state index in [4.69, 9.17) is 14.2 Å². The molecule has 2 aromatic rings. The Morgan fingerprint density at radius 2 is 1.96 bits per heavy atom. The average Bonchev–Trinajstić information content (AvgIpc) is 3.10. The van der Waals surface area contributed by atoms with Crippen molar-refractivity contribution in [3.8, 4) is 23.3 Å². The van der Waals surface area contributed by atoms with E-state index in [0.29, 0.717) is 35.1 Å². The highest BCUT2D eigenvalue weighted by atomic mass is 16.7. The first-order valence-corrected chi connectivity index (χ1v) is 8.58. The van der Waals surface area contributed by atoms with Crippen molar-refractivity contribution in [2.75, 3.05) is 18.7 Å². The molecular weight excluding hydrogens is 344 g/mol. The number of carbonyl (C=O) groups excluding carboxylic acids is 1. The molecule has 3 rings (SSSR count). The van der Waals surface area contributed by atoms with Gasteiger partial charge in [0.25, 0.3) is 5.91 Å². The van der Waals surface area contributed by atoms with Gasteiger partial charge in [0.2, 0.25) is 6.79 Å². The highest BCUT2D eigenvalue weighted by Gasteiger charge is 2.19. The summed E-state index contributed by atoms with van der Waals surface area (Å²) in [5.41, 5.74) is 3.37. The topological polar surface area (TPSA) is 80.6 Å². The Morgan fingerprint density at radius 1 is 1.22 bits per heavy atom. The maximum atomic E-state index is 12.5. The molecule has 0 bridgehead atoms. The van der Waals surface area contributed by atoms with Crippen LogP contribution in [0.5, 0.6) is 17.2 Å². The van der Waals surface area contributed by atoms with Crippen molar-refractivity contribution in [1.29, 1.82) is 5.26 Å². The van der Waals surface area contributed by atoms with Gasteiger partial charge in [0.1, 0.15) is 17.4 Å². The van der Waals surface area contributed by atoms with E-state index >= 15 is 0 Å². The number of carbonyl (C=O) groups is 1. The number of rotatable bonds is 5. The number of ether oxygens (including phenoxy) is 3. The molecule has 6 heteroatoms. The summed E-state index contributed by atoms with van der Waals surface area (Å²) in [6.45, 7) is 6.39. The van der Waals surface area contributed by atoms with Crippen LogP contribution in [-0.4, -0.2) is 19.3 Å². The number of hydrogen-bond donors (Lipinski definition) is 1. The summed E-state index contributed by atoms with van der Waals surface area (Å²) in [6, 6.07) is 11.0. The van der Waals surface area contributed by atoms with Crippen molar-refractivity contribution in [3.63, 3.8) is 0 Å². The Balaban J connectivity index is 1.90. The molecule has 1 heterocycles. The van der Waals surface area contributed by atoms with Crippen LogP contribution in [0.3, 0.4) is 0 Å². The predicted octanol–water partition coefficient (Wildman–Crippen LogP) is 3.98. The Kier molecular flexibility index (Phi) is 5.32. The van der Waals surface area contributed by atoms with Gasteiger partial charge in [-0.3, -0.25) is 4.79 Å². The van der Waals surface area contributed by atoms with Crippen molar-refractivity contribution in [2.45, 2.75) is 20.8 Å². The second-order valence-electron chi connectivity index (χ2n) is 6.10. The third-order valence-electron chi connectivity index (χ3n) is 4.23. The van der Waals surface area contributed by atoms with Crippen LogP contribution in [0, 0.1) is 25.2 Å². The molecule has 1 amide bonds. The zero-order chi connectivity index (χ0) is 19.4. The number of nitriles is 1. The summed E-state index contributed by atoms with van der Waals surface area (Å²) >= 11 is 0. The van der Waals surface area contributed by atoms with E-state index in [-0.39, 0.29) is 12.4 Å². The summed E-state index contributed by atoms with van der Waals surface area (Å²) < 4.78 is 16.3. The number of aryl methyl sites for hydroxylation is 2. The van der Waals surface area contributed by atoms with Gasteiger partial charge in [-0.25, -0.2) is 0 Å². The lowest BCUT2D eigenvalue weighted by molar-refractivity contribution is -0.112. The molecule has 138 valence electrons. The molecule has 6 nitrogen and oxygen atoms in total. The quantitative estimate of drug-likeness (QED) is 0.641. The summed E-state index contributed by atoms with van der Waals surface area (Å²) in [5, 5.41) is 12.2. The smallest absolute Gasteiger partial charge is 0.266 e. The Bertz CT molecular complexity index is 957. The fourth-order valence-corrected chi connectivity index (χ4v) is 2.65. The van der Waals surface area contributed by atoms with Crippen LogP contribution in [-0.2, 0) is 4.79 Å². The van der Waals surface area contributed by atoms with Crippen LogP contribution < -0.4 is 19.5 Å². The number of nitrogens with zero attached hydrogens (tertiary/aromatic N) is 1. The monoisotopic (exact) mass is 364 g/mol. The maximum Gasteiger partial charge on any atom is 0.266 e. The Labute approximate surface area is 158 Å². The van der Waals surface area contributed by atoms with E-state index in [1.807, 2.05) is 39.0 Å². The fraction of sp³-hybridized carbons (Fsp3) is 0.238. The van der Waals surface area contributed by atoms with E-state index in [0.717, 1.165) is 11.1 Å². The molecule has 0 aliphatic carbocycles. The molecule has 27 heavy (non-hydrogen) atoms. The molecule has 0 saturated carbocycles.